The predicted octanol–water partition coefficient (Wildman–Crippen LogP) is 1.42. The first kappa shape index (κ1) is 20.8. The highest BCUT2D eigenvalue weighted by atomic mass is 16.4. The number of carboxylic acids is 1. The van der Waals surface area contributed by atoms with Crippen molar-refractivity contribution < 1.29 is 30.0 Å². The maximum absolute atomic E-state index is 11.4. The number of unbranched alkanes of at least 4 members (excludes halogenated alkanes) is 3. The number of hydrogen-bond acceptors (Lipinski definition) is 5. The van der Waals surface area contributed by atoms with Crippen molar-refractivity contribution in [1.29, 1.82) is 0 Å². The third kappa shape index (κ3) is 10.5. The van der Waals surface area contributed by atoms with E-state index in [0.717, 1.165) is 12.8 Å². The fraction of sp³-hybridized carbons (Fsp3) is 0.750. The van der Waals surface area contributed by atoms with E-state index >= 15 is 0 Å². The number of hydrogen-bond donors (Lipinski definition) is 4. The topological polar surface area (TPSA) is 115 Å². The Kier molecular flexibility index (Phi) is 11.6. The fourth-order valence-electron chi connectivity index (χ4n) is 1.96. The minimum atomic E-state index is -1.35. The van der Waals surface area contributed by atoms with E-state index in [9.17, 15) is 24.9 Å². The zero-order valence-electron chi connectivity index (χ0n) is 13.1. The Morgan fingerprint density at radius 1 is 1.00 bits per heavy atom. The molecule has 0 rings (SSSR count). The van der Waals surface area contributed by atoms with Crippen LogP contribution in [-0.4, -0.2) is 50.5 Å². The van der Waals surface area contributed by atoms with Crippen LogP contribution in [0.2, 0.25) is 0 Å². The van der Waals surface area contributed by atoms with Crippen LogP contribution in [-0.2, 0) is 9.59 Å². The highest BCUT2D eigenvalue weighted by molar-refractivity contribution is 5.89. The molecule has 0 saturated heterocycles. The van der Waals surface area contributed by atoms with Gasteiger partial charge in [0.15, 0.2) is 5.78 Å². The Labute approximate surface area is 131 Å². The second-order valence-corrected chi connectivity index (χ2v) is 5.47. The molecule has 0 aliphatic rings. The smallest absolute Gasteiger partial charge is 0.303 e. The van der Waals surface area contributed by atoms with Crippen molar-refractivity contribution in [3.05, 3.63) is 12.2 Å². The maximum atomic E-state index is 11.4. The largest absolute Gasteiger partial charge is 0.481 e. The summed E-state index contributed by atoms with van der Waals surface area (Å²) in [4.78, 5) is 21.7. The fourth-order valence-corrected chi connectivity index (χ4v) is 1.96. The SMILES string of the molecule is CCCCC(=O)C=CC(O)C(O)C(O)CCCCCC(=O)O. The number of allylic oxidation sites excluding steroid dienone is 1. The second kappa shape index (κ2) is 12.3. The molecule has 0 aromatic heterocycles. The van der Waals surface area contributed by atoms with Crippen molar-refractivity contribution in [3.8, 4) is 0 Å². The van der Waals surface area contributed by atoms with Gasteiger partial charge in [-0.1, -0.05) is 26.2 Å². The van der Waals surface area contributed by atoms with Gasteiger partial charge in [0.25, 0.3) is 0 Å². The Morgan fingerprint density at radius 2 is 1.68 bits per heavy atom. The van der Waals surface area contributed by atoms with Crippen LogP contribution < -0.4 is 0 Å². The highest BCUT2D eigenvalue weighted by Gasteiger charge is 2.22. The molecule has 0 amide bonds. The van der Waals surface area contributed by atoms with Gasteiger partial charge in [0, 0.05) is 12.8 Å². The average Bonchev–Trinajstić information content (AvgIpc) is 2.48. The van der Waals surface area contributed by atoms with Gasteiger partial charge < -0.3 is 20.4 Å². The molecule has 6 nitrogen and oxygen atoms in total. The molecular weight excluding hydrogens is 288 g/mol. The molecule has 0 spiro atoms. The van der Waals surface area contributed by atoms with Crippen LogP contribution >= 0.6 is 0 Å². The van der Waals surface area contributed by atoms with E-state index in [-0.39, 0.29) is 18.6 Å². The quantitative estimate of drug-likeness (QED) is 0.302. The molecule has 0 aliphatic carbocycles. The Balaban J connectivity index is 3.99. The molecular formula is C16H28O6. The molecule has 0 aromatic carbocycles. The summed E-state index contributed by atoms with van der Waals surface area (Å²) in [6, 6.07) is 0. The molecule has 0 aliphatic heterocycles. The number of carbonyl (C=O) groups excluding carboxylic acids is 1. The van der Waals surface area contributed by atoms with Gasteiger partial charge in [0.05, 0.1) is 6.10 Å². The highest BCUT2D eigenvalue weighted by Crippen LogP contribution is 2.11. The third-order valence-corrected chi connectivity index (χ3v) is 3.39. The lowest BCUT2D eigenvalue weighted by molar-refractivity contribution is -0.137. The average molecular weight is 316 g/mol. The molecule has 0 heterocycles. The van der Waals surface area contributed by atoms with Gasteiger partial charge in [-0.2, -0.15) is 0 Å². The van der Waals surface area contributed by atoms with Crippen molar-refractivity contribution >= 4 is 11.8 Å². The minimum absolute atomic E-state index is 0.0872. The first-order valence-corrected chi connectivity index (χ1v) is 7.85. The maximum Gasteiger partial charge on any atom is 0.303 e. The molecule has 3 unspecified atom stereocenters. The first-order chi connectivity index (χ1) is 10.4. The standard InChI is InChI=1S/C16H28O6/c1-2-3-7-12(17)10-11-14(19)16(22)13(18)8-5-4-6-9-15(20)21/h10-11,13-14,16,18-19,22H,2-9H2,1H3,(H,20,21). The number of carboxylic acid groups (broad SMARTS) is 1. The summed E-state index contributed by atoms with van der Waals surface area (Å²) in [7, 11) is 0. The third-order valence-electron chi connectivity index (χ3n) is 3.39. The van der Waals surface area contributed by atoms with E-state index in [4.69, 9.17) is 5.11 Å². The summed E-state index contributed by atoms with van der Waals surface area (Å²) in [6.07, 6.45) is 2.87. The Bertz CT molecular complexity index is 353. The molecule has 22 heavy (non-hydrogen) atoms. The van der Waals surface area contributed by atoms with Crippen molar-refractivity contribution in [2.75, 3.05) is 0 Å². The van der Waals surface area contributed by atoms with Crippen molar-refractivity contribution in [2.24, 2.45) is 0 Å². The number of aliphatic hydroxyl groups excluding tert-OH is 3. The van der Waals surface area contributed by atoms with E-state index < -0.39 is 24.3 Å². The van der Waals surface area contributed by atoms with Crippen LogP contribution in [0, 0.1) is 0 Å². The minimum Gasteiger partial charge on any atom is -0.481 e. The zero-order valence-corrected chi connectivity index (χ0v) is 13.1. The summed E-state index contributed by atoms with van der Waals surface area (Å²) in [5.74, 6) is -0.967. The van der Waals surface area contributed by atoms with Crippen LogP contribution in [0.4, 0.5) is 0 Å². The summed E-state index contributed by atoms with van der Waals surface area (Å²) < 4.78 is 0. The lowest BCUT2D eigenvalue weighted by Crippen LogP contribution is -2.36. The number of carbonyl (C=O) groups is 2. The number of rotatable bonds is 13. The van der Waals surface area contributed by atoms with E-state index in [2.05, 4.69) is 0 Å². The molecule has 4 N–H and O–H groups in total. The molecule has 0 bridgehead atoms. The van der Waals surface area contributed by atoms with Gasteiger partial charge in [-0.05, 0) is 31.4 Å². The van der Waals surface area contributed by atoms with Crippen molar-refractivity contribution in [3.63, 3.8) is 0 Å². The summed E-state index contributed by atoms with van der Waals surface area (Å²) in [5.41, 5.74) is 0. The van der Waals surface area contributed by atoms with Gasteiger partial charge >= 0.3 is 5.97 Å². The van der Waals surface area contributed by atoms with Gasteiger partial charge in [-0.15, -0.1) is 0 Å². The summed E-state index contributed by atoms with van der Waals surface area (Å²) >= 11 is 0. The molecule has 0 saturated carbocycles. The van der Waals surface area contributed by atoms with Crippen LogP contribution in [0.15, 0.2) is 12.2 Å². The van der Waals surface area contributed by atoms with Crippen LogP contribution in [0.3, 0.4) is 0 Å². The first-order valence-electron chi connectivity index (χ1n) is 7.85. The number of ketones is 1. The number of aliphatic carboxylic acids is 1. The Hall–Kier alpha value is -1.24. The van der Waals surface area contributed by atoms with E-state index in [0.29, 0.717) is 25.7 Å². The molecule has 128 valence electrons. The van der Waals surface area contributed by atoms with Crippen LogP contribution in [0.1, 0.15) is 58.3 Å². The van der Waals surface area contributed by atoms with Crippen LogP contribution in [0.5, 0.6) is 0 Å². The normalized spacial score (nSPS) is 15.6. The monoisotopic (exact) mass is 316 g/mol. The molecule has 0 radical (unpaired) electrons. The van der Waals surface area contributed by atoms with Gasteiger partial charge in [0.1, 0.15) is 12.2 Å². The van der Waals surface area contributed by atoms with Crippen molar-refractivity contribution in [1.82, 2.24) is 0 Å². The molecule has 0 fully saturated rings. The van der Waals surface area contributed by atoms with Gasteiger partial charge in [-0.25, -0.2) is 0 Å². The Morgan fingerprint density at radius 3 is 2.27 bits per heavy atom. The lowest BCUT2D eigenvalue weighted by atomic mass is 10.0. The van der Waals surface area contributed by atoms with Gasteiger partial charge in [-0.3, -0.25) is 9.59 Å². The predicted molar refractivity (Wildman–Crippen MR) is 82.4 cm³/mol. The van der Waals surface area contributed by atoms with E-state index in [1.165, 1.54) is 12.2 Å². The summed E-state index contributed by atoms with van der Waals surface area (Å²) in [5, 5.41) is 37.7. The van der Waals surface area contributed by atoms with E-state index in [1.54, 1.807) is 0 Å². The summed E-state index contributed by atoms with van der Waals surface area (Å²) in [6.45, 7) is 1.97. The second-order valence-electron chi connectivity index (χ2n) is 5.47. The number of aliphatic hydroxyl groups is 3. The van der Waals surface area contributed by atoms with Crippen LogP contribution in [0.25, 0.3) is 0 Å². The van der Waals surface area contributed by atoms with E-state index in [1.807, 2.05) is 6.92 Å². The van der Waals surface area contributed by atoms with Gasteiger partial charge in [0.2, 0.25) is 0 Å². The van der Waals surface area contributed by atoms with Crippen molar-refractivity contribution in [2.45, 2.75) is 76.6 Å². The molecule has 6 heteroatoms. The molecule has 3 atom stereocenters. The lowest BCUT2D eigenvalue weighted by Gasteiger charge is -2.20. The molecule has 0 aromatic rings. The zero-order chi connectivity index (χ0) is 17.0.